The lowest BCUT2D eigenvalue weighted by atomic mass is 9.57. The van der Waals surface area contributed by atoms with Gasteiger partial charge in [-0.3, -0.25) is 19.3 Å². The van der Waals surface area contributed by atoms with E-state index in [1.54, 1.807) is 0 Å². The van der Waals surface area contributed by atoms with E-state index in [0.29, 0.717) is 0 Å². The van der Waals surface area contributed by atoms with Gasteiger partial charge >= 0.3 is 0 Å². The van der Waals surface area contributed by atoms with Crippen molar-refractivity contribution in [3.05, 3.63) is 51.6 Å². The molecule has 5 atom stereocenters. The van der Waals surface area contributed by atoms with E-state index < -0.39 is 75.5 Å². The molecular weight excluding hydrogens is 444 g/mol. The lowest BCUT2D eigenvalue weighted by molar-refractivity contribution is -0.150. The molecule has 1 aromatic carbocycles. The molecule has 4 rings (SSSR count). The van der Waals surface area contributed by atoms with Gasteiger partial charge in [0.2, 0.25) is 5.78 Å². The Morgan fingerprint density at radius 2 is 1.81 bits per heavy atom. The van der Waals surface area contributed by atoms with Crippen LogP contribution in [0, 0.1) is 18.3 Å². The molecule has 0 spiro atoms. The molecule has 11 heteroatoms. The number of ketones is 2. The van der Waals surface area contributed by atoms with E-state index >= 15 is 0 Å². The summed E-state index contributed by atoms with van der Waals surface area (Å²) in [5, 5.41) is 54.2. The van der Waals surface area contributed by atoms with Crippen molar-refractivity contribution < 1.29 is 39.9 Å². The summed E-state index contributed by atoms with van der Waals surface area (Å²) in [6.45, 7) is 0. The molecule has 1 amide bonds. The Morgan fingerprint density at radius 3 is 2.38 bits per heavy atom. The van der Waals surface area contributed by atoms with Gasteiger partial charge in [0.25, 0.3) is 5.91 Å². The average molecular weight is 464 g/mol. The van der Waals surface area contributed by atoms with Crippen molar-refractivity contribution in [2.75, 3.05) is 14.1 Å². The molecule has 0 heterocycles. The second kappa shape index (κ2) is 7.04. The first-order chi connectivity index (χ1) is 14.8. The molecule has 0 aliphatic heterocycles. The molecule has 7 N–H and O–H groups in total. The summed E-state index contributed by atoms with van der Waals surface area (Å²) in [7, 11) is 2.93. The van der Waals surface area contributed by atoms with E-state index in [2.05, 4.69) is 0 Å². The summed E-state index contributed by atoms with van der Waals surface area (Å²) in [5.74, 6) is -8.59. The van der Waals surface area contributed by atoms with Crippen LogP contribution in [0.1, 0.15) is 17.2 Å². The molecule has 0 aromatic heterocycles. The number of halogens is 1. The van der Waals surface area contributed by atoms with Crippen LogP contribution in [-0.4, -0.2) is 73.6 Å². The van der Waals surface area contributed by atoms with Crippen molar-refractivity contribution >= 4 is 34.8 Å². The van der Waals surface area contributed by atoms with E-state index in [-0.39, 0.29) is 16.1 Å². The van der Waals surface area contributed by atoms with Crippen LogP contribution >= 0.6 is 11.6 Å². The normalized spacial score (nSPS) is 32.1. The van der Waals surface area contributed by atoms with Gasteiger partial charge in [0, 0.05) is 28.0 Å². The van der Waals surface area contributed by atoms with Crippen molar-refractivity contribution in [2.24, 2.45) is 17.6 Å². The molecule has 1 fully saturated rings. The maximum Gasteiger partial charge on any atom is 0.255 e. The Kier molecular flexibility index (Phi) is 4.90. The van der Waals surface area contributed by atoms with Crippen LogP contribution in [0.5, 0.6) is 5.75 Å². The molecule has 0 saturated heterocycles. The number of likely N-dealkylation sites (N-methyl/N-ethyl adjacent to an activating group) is 1. The highest BCUT2D eigenvalue weighted by molar-refractivity contribution is 6.32. The number of benzene rings is 1. The summed E-state index contributed by atoms with van der Waals surface area (Å²) >= 11 is 6.17. The average Bonchev–Trinajstić information content (AvgIpc) is 2.69. The summed E-state index contributed by atoms with van der Waals surface area (Å²) in [6, 6.07) is 1.17. The minimum absolute atomic E-state index is 0.0141. The fourth-order valence-electron chi connectivity index (χ4n) is 4.94. The third-order valence-electron chi connectivity index (χ3n) is 6.38. The van der Waals surface area contributed by atoms with E-state index in [1.807, 2.05) is 0 Å². The Labute approximate surface area is 186 Å². The summed E-state index contributed by atoms with van der Waals surface area (Å²) < 4.78 is 0. The highest BCUT2D eigenvalue weighted by Crippen LogP contribution is 2.55. The van der Waals surface area contributed by atoms with Crippen molar-refractivity contribution in [3.63, 3.8) is 0 Å². The van der Waals surface area contributed by atoms with Crippen molar-refractivity contribution in [3.8, 4) is 5.75 Å². The van der Waals surface area contributed by atoms with E-state index in [0.717, 1.165) is 6.07 Å². The monoisotopic (exact) mass is 463 g/mol. The van der Waals surface area contributed by atoms with Gasteiger partial charge in [0.1, 0.15) is 22.8 Å². The van der Waals surface area contributed by atoms with Crippen LogP contribution in [0.25, 0.3) is 5.76 Å². The first kappa shape index (κ1) is 22.3. The molecule has 169 valence electrons. The van der Waals surface area contributed by atoms with Gasteiger partial charge in [-0.2, -0.15) is 0 Å². The van der Waals surface area contributed by atoms with Crippen LogP contribution < -0.4 is 5.73 Å². The number of aliphatic hydroxyl groups is 4. The number of amides is 1. The second-order valence-electron chi connectivity index (χ2n) is 8.26. The lowest BCUT2D eigenvalue weighted by Gasteiger charge is -2.50. The number of fused-ring (bicyclic) bond motifs is 3. The predicted octanol–water partition coefficient (Wildman–Crippen LogP) is -0.0775. The van der Waals surface area contributed by atoms with Crippen LogP contribution in [0.2, 0.25) is 5.02 Å². The number of hydrogen-bond acceptors (Lipinski definition) is 9. The number of carbonyl (C=O) groups is 3. The topological polar surface area (TPSA) is 182 Å². The zero-order valence-electron chi connectivity index (χ0n) is 16.9. The molecule has 3 aliphatic carbocycles. The maximum atomic E-state index is 13.5. The summed E-state index contributed by atoms with van der Waals surface area (Å²) in [4.78, 5) is 39.7. The first-order valence-corrected chi connectivity index (χ1v) is 9.92. The highest BCUT2D eigenvalue weighted by Gasteiger charge is 2.65. The fourth-order valence-corrected chi connectivity index (χ4v) is 5.21. The van der Waals surface area contributed by atoms with Crippen LogP contribution in [0.15, 0.2) is 29.0 Å². The smallest absolute Gasteiger partial charge is 0.255 e. The van der Waals surface area contributed by atoms with Gasteiger partial charge in [-0.1, -0.05) is 11.6 Å². The van der Waals surface area contributed by atoms with E-state index in [4.69, 9.17) is 17.3 Å². The largest absolute Gasteiger partial charge is 0.508 e. The van der Waals surface area contributed by atoms with Gasteiger partial charge in [-0.15, -0.1) is 0 Å². The molecular formula is C21H20ClN2O8. The number of hydrogen-bond donors (Lipinski definition) is 6. The lowest BCUT2D eigenvalue weighted by Crippen LogP contribution is -2.66. The SMILES string of the molecule is CN(C)C1C(=O)C(C(N)=O)=C(O)C2(O)C(=O)C3=C(O)c4c(O)ccc(Cl)c4C(O)C3[CH]C12. The third-order valence-corrected chi connectivity index (χ3v) is 6.70. The molecule has 3 aliphatic rings. The van der Waals surface area contributed by atoms with Gasteiger partial charge in [0.15, 0.2) is 11.4 Å². The number of phenolic OH excluding ortho intramolecular Hbond substituents is 1. The van der Waals surface area contributed by atoms with Gasteiger partial charge in [-0.25, -0.2) is 0 Å². The van der Waals surface area contributed by atoms with Gasteiger partial charge < -0.3 is 31.3 Å². The molecule has 10 nitrogen and oxygen atoms in total. The summed E-state index contributed by atoms with van der Waals surface area (Å²) in [6.07, 6.45) is -0.261. The van der Waals surface area contributed by atoms with Gasteiger partial charge in [-0.05, 0) is 32.6 Å². The first-order valence-electron chi connectivity index (χ1n) is 9.54. The Morgan fingerprint density at radius 1 is 1.19 bits per heavy atom. The number of Topliss-reactive ketones (excluding diaryl/α,β-unsaturated/α-hetero) is 2. The second-order valence-corrected chi connectivity index (χ2v) is 8.67. The van der Waals surface area contributed by atoms with E-state index in [1.165, 1.54) is 31.5 Å². The number of rotatable bonds is 2. The van der Waals surface area contributed by atoms with Crippen molar-refractivity contribution in [1.29, 1.82) is 0 Å². The molecule has 32 heavy (non-hydrogen) atoms. The zero-order chi connectivity index (χ0) is 23.9. The zero-order valence-corrected chi connectivity index (χ0v) is 17.7. The Hall–Kier alpha value is -2.92. The standard InChI is InChI=1S/C21H20ClN2O8/c1-24(2)14-7-5-6-10(16(27)12-9(25)4-3-8(22)11(12)15(6)26)18(29)21(7,32)19(30)13(17(14)28)20(23)31/h3-7,14-15,25-27,30,32H,1-2H3,(H2,23,31). The number of phenols is 1. The number of carbonyl (C=O) groups excluding carboxylic acids is 3. The number of nitrogens with two attached hydrogens (primary N) is 1. The summed E-state index contributed by atoms with van der Waals surface area (Å²) in [5.41, 5.74) is 0.652. The minimum Gasteiger partial charge on any atom is -0.508 e. The number of primary amides is 1. The molecule has 5 unspecified atom stereocenters. The molecule has 1 aromatic rings. The van der Waals surface area contributed by atoms with Crippen LogP contribution in [0.3, 0.4) is 0 Å². The van der Waals surface area contributed by atoms with Crippen LogP contribution in [0.4, 0.5) is 0 Å². The quantitative estimate of drug-likeness (QED) is 0.327. The van der Waals surface area contributed by atoms with Crippen molar-refractivity contribution in [2.45, 2.75) is 17.7 Å². The molecule has 0 bridgehead atoms. The maximum absolute atomic E-state index is 13.5. The third kappa shape index (κ3) is 2.61. The highest BCUT2D eigenvalue weighted by atomic mass is 35.5. The number of aromatic hydroxyl groups is 1. The number of nitrogens with zero attached hydrogens (tertiary/aromatic N) is 1. The predicted molar refractivity (Wildman–Crippen MR) is 110 cm³/mol. The number of aliphatic hydroxyl groups excluding tert-OH is 3. The molecule has 1 radical (unpaired) electrons. The Balaban J connectivity index is 2.03. The fraction of sp³-hybridized carbons (Fsp3) is 0.333. The van der Waals surface area contributed by atoms with Crippen molar-refractivity contribution in [1.82, 2.24) is 4.90 Å². The Bertz CT molecular complexity index is 1160. The molecule has 1 saturated carbocycles. The van der Waals surface area contributed by atoms with Gasteiger partial charge in [0.05, 0.1) is 17.7 Å². The minimum atomic E-state index is -2.82. The van der Waals surface area contributed by atoms with E-state index in [9.17, 15) is 39.9 Å². The van der Waals surface area contributed by atoms with Crippen LogP contribution in [-0.2, 0) is 14.4 Å².